The van der Waals surface area contributed by atoms with E-state index in [-0.39, 0.29) is 11.7 Å². The number of amides is 1. The maximum atomic E-state index is 12.7. The first-order valence-electron chi connectivity index (χ1n) is 8.06. The lowest BCUT2D eigenvalue weighted by Crippen LogP contribution is -2.30. The molecule has 0 unspecified atom stereocenters. The van der Waals surface area contributed by atoms with E-state index in [0.717, 1.165) is 5.56 Å². The van der Waals surface area contributed by atoms with Crippen LogP contribution in [-0.4, -0.2) is 37.3 Å². The van der Waals surface area contributed by atoms with Crippen LogP contribution in [0, 0.1) is 0 Å². The molecule has 0 atom stereocenters. The van der Waals surface area contributed by atoms with Gasteiger partial charge in [-0.05, 0) is 19.1 Å². The smallest absolute Gasteiger partial charge is 0.334 e. The van der Waals surface area contributed by atoms with Crippen LogP contribution >= 0.6 is 0 Å². The quantitative estimate of drug-likeness (QED) is 0.681. The summed E-state index contributed by atoms with van der Waals surface area (Å²) in [5, 5.41) is 7.40. The topological polar surface area (TPSA) is 77.0 Å². The second-order valence-corrected chi connectivity index (χ2v) is 5.84. The van der Waals surface area contributed by atoms with Crippen molar-refractivity contribution < 1.29 is 22.5 Å². The van der Waals surface area contributed by atoms with E-state index in [9.17, 15) is 18.0 Å². The van der Waals surface area contributed by atoms with Gasteiger partial charge in [0.15, 0.2) is 0 Å². The van der Waals surface area contributed by atoms with Crippen LogP contribution in [0.1, 0.15) is 28.7 Å². The van der Waals surface area contributed by atoms with Crippen molar-refractivity contribution in [3.05, 3.63) is 53.7 Å². The van der Waals surface area contributed by atoms with E-state index in [1.165, 1.54) is 24.3 Å². The number of aromatic nitrogens is 4. The largest absolute Gasteiger partial charge is 0.471 e. The molecular weight excluding hydrogens is 363 g/mol. The van der Waals surface area contributed by atoms with Crippen LogP contribution in [0.5, 0.6) is 0 Å². The molecule has 7 nitrogen and oxygen atoms in total. The molecule has 0 saturated carbocycles. The fourth-order valence-electron chi connectivity index (χ4n) is 2.50. The average Bonchev–Trinajstić information content (AvgIpc) is 3.28. The molecule has 1 aromatic carbocycles. The van der Waals surface area contributed by atoms with Crippen molar-refractivity contribution in [1.29, 1.82) is 0 Å². The summed E-state index contributed by atoms with van der Waals surface area (Å²) in [6.45, 7) is 2.76. The predicted octanol–water partition coefficient (Wildman–Crippen LogP) is 3.15. The number of benzene rings is 1. The van der Waals surface area contributed by atoms with Crippen molar-refractivity contribution in [3.63, 3.8) is 0 Å². The number of hydrogen-bond donors (Lipinski definition) is 0. The van der Waals surface area contributed by atoms with E-state index in [0.29, 0.717) is 24.2 Å². The Morgan fingerprint density at radius 3 is 2.48 bits per heavy atom. The van der Waals surface area contributed by atoms with Crippen molar-refractivity contribution in [3.8, 4) is 11.4 Å². The van der Waals surface area contributed by atoms with Crippen LogP contribution in [0.4, 0.5) is 13.2 Å². The molecule has 27 heavy (non-hydrogen) atoms. The molecule has 0 aliphatic carbocycles. The first-order chi connectivity index (χ1) is 12.8. The number of alkyl halides is 3. The zero-order valence-corrected chi connectivity index (χ0v) is 14.6. The summed E-state index contributed by atoms with van der Waals surface area (Å²) in [6, 6.07) is 6.01. The van der Waals surface area contributed by atoms with Crippen LogP contribution in [0.15, 0.2) is 41.2 Å². The Hall–Kier alpha value is -3.17. The minimum atomic E-state index is -4.70. The van der Waals surface area contributed by atoms with Crippen molar-refractivity contribution in [2.24, 2.45) is 7.05 Å². The number of nitrogens with zero attached hydrogens (tertiary/aromatic N) is 5. The highest BCUT2D eigenvalue weighted by atomic mass is 19.4. The maximum Gasteiger partial charge on any atom is 0.471 e. The second-order valence-electron chi connectivity index (χ2n) is 5.84. The summed E-state index contributed by atoms with van der Waals surface area (Å²) in [4.78, 5) is 17.6. The number of hydrogen-bond acceptors (Lipinski definition) is 5. The van der Waals surface area contributed by atoms with Crippen LogP contribution < -0.4 is 0 Å². The van der Waals surface area contributed by atoms with Gasteiger partial charge in [-0.2, -0.15) is 23.3 Å². The van der Waals surface area contributed by atoms with Crippen LogP contribution in [0.25, 0.3) is 11.4 Å². The second kappa shape index (κ2) is 7.22. The summed E-state index contributed by atoms with van der Waals surface area (Å²) in [7, 11) is 1.79. The van der Waals surface area contributed by atoms with Crippen molar-refractivity contribution >= 4 is 5.91 Å². The zero-order chi connectivity index (χ0) is 19.6. The van der Waals surface area contributed by atoms with E-state index in [4.69, 9.17) is 0 Å². The summed E-state index contributed by atoms with van der Waals surface area (Å²) in [5.41, 5.74) is 1.63. The SMILES string of the molecule is CCN(Cc1cnn(C)c1)C(=O)c1ccc(-c2noc(C(F)(F)F)n2)cc1. The molecule has 0 N–H and O–H groups in total. The van der Waals surface area contributed by atoms with E-state index in [1.54, 1.807) is 22.8 Å². The molecule has 0 spiro atoms. The number of carbonyl (C=O) groups is 1. The molecule has 2 aromatic heterocycles. The Balaban J connectivity index is 1.75. The van der Waals surface area contributed by atoms with Gasteiger partial charge >= 0.3 is 12.1 Å². The van der Waals surface area contributed by atoms with Gasteiger partial charge in [-0.15, -0.1) is 0 Å². The normalized spacial score (nSPS) is 11.6. The molecule has 1 amide bonds. The van der Waals surface area contributed by atoms with E-state index >= 15 is 0 Å². The third kappa shape index (κ3) is 4.15. The van der Waals surface area contributed by atoms with Crippen LogP contribution in [0.3, 0.4) is 0 Å². The molecule has 0 radical (unpaired) electrons. The van der Waals surface area contributed by atoms with E-state index in [1.807, 2.05) is 13.1 Å². The molecule has 2 heterocycles. The van der Waals surface area contributed by atoms with E-state index < -0.39 is 12.1 Å². The molecule has 0 saturated heterocycles. The highest BCUT2D eigenvalue weighted by molar-refractivity contribution is 5.94. The first kappa shape index (κ1) is 18.6. The summed E-state index contributed by atoms with van der Waals surface area (Å²) < 4.78 is 43.5. The van der Waals surface area contributed by atoms with Gasteiger partial charge in [-0.25, -0.2) is 0 Å². The summed E-state index contributed by atoms with van der Waals surface area (Å²) in [6.07, 6.45) is -1.18. The number of rotatable bonds is 5. The standard InChI is InChI=1S/C17H16F3N5O2/c1-3-25(10-11-8-21-24(2)9-11)15(26)13-6-4-12(5-7-13)14-22-16(27-23-14)17(18,19)20/h4-9H,3,10H2,1-2H3. The molecular formula is C17H16F3N5O2. The van der Waals surface area contributed by atoms with Gasteiger partial charge in [0, 0.05) is 43.0 Å². The molecule has 0 aliphatic heterocycles. The van der Waals surface area contributed by atoms with Gasteiger partial charge < -0.3 is 9.42 Å². The molecule has 3 aromatic rings. The highest BCUT2D eigenvalue weighted by Gasteiger charge is 2.38. The van der Waals surface area contributed by atoms with Gasteiger partial charge in [-0.3, -0.25) is 9.48 Å². The number of aryl methyl sites for hydroxylation is 1. The summed E-state index contributed by atoms with van der Waals surface area (Å²) in [5.74, 6) is -1.80. The summed E-state index contributed by atoms with van der Waals surface area (Å²) >= 11 is 0. The number of carbonyl (C=O) groups excluding carboxylic acids is 1. The maximum absolute atomic E-state index is 12.7. The van der Waals surface area contributed by atoms with Crippen LogP contribution in [-0.2, 0) is 19.8 Å². The Morgan fingerprint density at radius 2 is 1.96 bits per heavy atom. The molecule has 3 rings (SSSR count). The Labute approximate surface area is 152 Å². The zero-order valence-electron chi connectivity index (χ0n) is 14.6. The minimum absolute atomic E-state index is 0.191. The van der Waals surface area contributed by atoms with Crippen LogP contribution in [0.2, 0.25) is 0 Å². The lowest BCUT2D eigenvalue weighted by atomic mass is 10.1. The minimum Gasteiger partial charge on any atom is -0.334 e. The Morgan fingerprint density at radius 1 is 1.26 bits per heavy atom. The van der Waals surface area contributed by atoms with Crippen molar-refractivity contribution in [1.82, 2.24) is 24.8 Å². The third-order valence-electron chi connectivity index (χ3n) is 3.86. The van der Waals surface area contributed by atoms with Gasteiger partial charge in [0.25, 0.3) is 5.91 Å². The number of halogens is 3. The lowest BCUT2D eigenvalue weighted by molar-refractivity contribution is -0.159. The molecule has 0 aliphatic rings. The van der Waals surface area contributed by atoms with Crippen molar-refractivity contribution in [2.75, 3.05) is 6.54 Å². The molecule has 0 fully saturated rings. The Bertz CT molecular complexity index is 931. The third-order valence-corrected chi connectivity index (χ3v) is 3.86. The fraction of sp³-hybridized carbons (Fsp3) is 0.294. The molecule has 142 valence electrons. The fourth-order valence-corrected chi connectivity index (χ4v) is 2.50. The van der Waals surface area contributed by atoms with Gasteiger partial charge in [0.2, 0.25) is 5.82 Å². The van der Waals surface area contributed by atoms with Gasteiger partial charge in [-0.1, -0.05) is 17.3 Å². The highest BCUT2D eigenvalue weighted by Crippen LogP contribution is 2.29. The molecule has 10 heteroatoms. The van der Waals surface area contributed by atoms with Gasteiger partial charge in [0.1, 0.15) is 0 Å². The lowest BCUT2D eigenvalue weighted by Gasteiger charge is -2.20. The van der Waals surface area contributed by atoms with Gasteiger partial charge in [0.05, 0.1) is 6.20 Å². The Kier molecular flexibility index (Phi) is 4.98. The predicted molar refractivity (Wildman–Crippen MR) is 88.4 cm³/mol. The average molecular weight is 379 g/mol. The van der Waals surface area contributed by atoms with E-state index in [2.05, 4.69) is 19.8 Å². The monoisotopic (exact) mass is 379 g/mol. The first-order valence-corrected chi connectivity index (χ1v) is 8.06. The van der Waals surface area contributed by atoms with Crippen molar-refractivity contribution in [2.45, 2.75) is 19.6 Å². The molecule has 0 bridgehead atoms.